The molecule has 17 heavy (non-hydrogen) atoms. The normalized spacial score (nSPS) is 15.7. The highest BCUT2D eigenvalue weighted by Gasteiger charge is 2.39. The number of anilines is 1. The number of carbonyl (C=O) groups is 1. The summed E-state index contributed by atoms with van der Waals surface area (Å²) in [4.78, 5) is 11.5. The monoisotopic (exact) mass is 247 g/mol. The van der Waals surface area contributed by atoms with Crippen molar-refractivity contribution in [2.24, 2.45) is 0 Å². The van der Waals surface area contributed by atoms with Crippen molar-refractivity contribution >= 4 is 24.9 Å². The minimum atomic E-state index is -1.56. The lowest BCUT2D eigenvalue weighted by Gasteiger charge is -2.38. The third kappa shape index (κ3) is 1.93. The van der Waals surface area contributed by atoms with Crippen LogP contribution in [-0.4, -0.2) is 14.0 Å². The fourth-order valence-electron chi connectivity index (χ4n) is 2.24. The van der Waals surface area contributed by atoms with Crippen LogP contribution in [-0.2, 0) is 11.2 Å². The lowest BCUT2D eigenvalue weighted by molar-refractivity contribution is -0.115. The predicted octanol–water partition coefficient (Wildman–Crippen LogP) is 2.90. The van der Waals surface area contributed by atoms with Crippen LogP contribution in [0.25, 0.3) is 0 Å². The molecule has 2 rings (SSSR count). The molecule has 0 aromatic heterocycles. The second kappa shape index (κ2) is 3.70. The molecule has 3 heteroatoms. The van der Waals surface area contributed by atoms with Gasteiger partial charge >= 0.3 is 0 Å². The maximum Gasteiger partial charge on any atom is 0.228 e. The van der Waals surface area contributed by atoms with Crippen LogP contribution in [0.3, 0.4) is 0 Å². The van der Waals surface area contributed by atoms with E-state index in [1.165, 1.54) is 10.8 Å². The van der Waals surface area contributed by atoms with E-state index in [-0.39, 0.29) is 5.91 Å². The van der Waals surface area contributed by atoms with Gasteiger partial charge in [-0.25, -0.2) is 0 Å². The molecule has 0 saturated heterocycles. The second-order valence-corrected chi connectivity index (χ2v) is 11.7. The van der Waals surface area contributed by atoms with Gasteiger partial charge in [-0.05, 0) is 16.7 Å². The number of carbonyl (C=O) groups excluding carboxylic acids is 1. The molecule has 92 valence electrons. The number of nitrogens with one attached hydrogen (secondary N) is 1. The van der Waals surface area contributed by atoms with E-state index >= 15 is 0 Å². The Bertz CT molecular complexity index is 472. The number of hydrogen-bond acceptors (Lipinski definition) is 1. The van der Waals surface area contributed by atoms with Crippen LogP contribution in [0.5, 0.6) is 0 Å². The first-order valence-electron chi connectivity index (χ1n) is 6.16. The molecule has 2 nitrogen and oxygen atoms in total. The summed E-state index contributed by atoms with van der Waals surface area (Å²) in [5.41, 5.74) is 2.27. The SMILES string of the molecule is CC(C)(C)[Si](C)(C)c1cccc2c1CC(=O)N2. The Morgan fingerprint density at radius 1 is 1.24 bits per heavy atom. The molecule has 0 saturated carbocycles. The van der Waals surface area contributed by atoms with E-state index in [1.54, 1.807) is 0 Å². The first-order valence-corrected chi connectivity index (χ1v) is 9.16. The third-order valence-corrected chi connectivity index (χ3v) is 9.90. The van der Waals surface area contributed by atoms with E-state index in [2.05, 4.69) is 51.3 Å². The minimum Gasteiger partial charge on any atom is -0.326 e. The van der Waals surface area contributed by atoms with Crippen molar-refractivity contribution in [2.45, 2.75) is 45.3 Å². The number of benzene rings is 1. The van der Waals surface area contributed by atoms with Crippen molar-refractivity contribution < 1.29 is 4.79 Å². The maximum absolute atomic E-state index is 11.5. The molecule has 1 N–H and O–H groups in total. The third-order valence-electron chi connectivity index (χ3n) is 4.34. The Kier molecular flexibility index (Phi) is 2.69. The predicted molar refractivity (Wildman–Crippen MR) is 75.6 cm³/mol. The fraction of sp³-hybridized carbons (Fsp3) is 0.500. The molecule has 0 bridgehead atoms. The Morgan fingerprint density at radius 2 is 1.88 bits per heavy atom. The Labute approximate surface area is 104 Å². The molecule has 1 amide bonds. The molecule has 1 aliphatic rings. The molecule has 1 aromatic carbocycles. The van der Waals surface area contributed by atoms with E-state index in [9.17, 15) is 4.79 Å². The zero-order valence-corrected chi connectivity index (χ0v) is 12.3. The summed E-state index contributed by atoms with van der Waals surface area (Å²) in [7, 11) is -1.56. The van der Waals surface area contributed by atoms with Crippen molar-refractivity contribution in [2.75, 3.05) is 5.32 Å². The van der Waals surface area contributed by atoms with Crippen LogP contribution in [0.2, 0.25) is 18.1 Å². The lowest BCUT2D eigenvalue weighted by Crippen LogP contribution is -2.50. The van der Waals surface area contributed by atoms with Gasteiger partial charge in [-0.3, -0.25) is 4.79 Å². The maximum atomic E-state index is 11.5. The van der Waals surface area contributed by atoms with Crippen molar-refractivity contribution in [3.8, 4) is 0 Å². The molecule has 0 aliphatic carbocycles. The molecule has 0 unspecified atom stereocenters. The fourth-order valence-corrected chi connectivity index (χ4v) is 4.54. The highest BCUT2D eigenvalue weighted by molar-refractivity contribution is 6.92. The van der Waals surface area contributed by atoms with Gasteiger partial charge in [0.2, 0.25) is 5.91 Å². The van der Waals surface area contributed by atoms with Gasteiger partial charge in [0.25, 0.3) is 0 Å². The molecule has 0 fully saturated rings. The summed E-state index contributed by atoms with van der Waals surface area (Å²) in [5, 5.41) is 4.68. The quantitative estimate of drug-likeness (QED) is 0.760. The topological polar surface area (TPSA) is 29.1 Å². The summed E-state index contributed by atoms with van der Waals surface area (Å²) in [5.74, 6) is 0.131. The van der Waals surface area contributed by atoms with E-state index < -0.39 is 8.07 Å². The average molecular weight is 247 g/mol. The molecule has 1 heterocycles. The van der Waals surface area contributed by atoms with Crippen molar-refractivity contribution in [1.29, 1.82) is 0 Å². The number of fused-ring (bicyclic) bond motifs is 1. The van der Waals surface area contributed by atoms with Crippen LogP contribution >= 0.6 is 0 Å². The average Bonchev–Trinajstić information content (AvgIpc) is 2.55. The number of hydrogen-bond donors (Lipinski definition) is 1. The smallest absolute Gasteiger partial charge is 0.228 e. The van der Waals surface area contributed by atoms with Crippen LogP contribution in [0.1, 0.15) is 26.3 Å². The van der Waals surface area contributed by atoms with Gasteiger partial charge in [-0.1, -0.05) is 51.2 Å². The van der Waals surface area contributed by atoms with Gasteiger partial charge in [-0.15, -0.1) is 0 Å². The first kappa shape index (κ1) is 12.4. The van der Waals surface area contributed by atoms with Gasteiger partial charge < -0.3 is 5.32 Å². The van der Waals surface area contributed by atoms with Gasteiger partial charge in [-0.2, -0.15) is 0 Å². The van der Waals surface area contributed by atoms with E-state index in [0.29, 0.717) is 11.5 Å². The standard InChI is InChI=1S/C14H21NOSi/c1-14(2,3)17(4,5)12-8-6-7-11-10(12)9-13(16)15-11/h6-8H,9H2,1-5H3,(H,15,16). The van der Waals surface area contributed by atoms with Gasteiger partial charge in [0.05, 0.1) is 14.5 Å². The molecular weight excluding hydrogens is 226 g/mol. The zero-order valence-electron chi connectivity index (χ0n) is 11.3. The van der Waals surface area contributed by atoms with Crippen LogP contribution in [0, 0.1) is 0 Å². The zero-order chi connectivity index (χ0) is 12.8. The molecular formula is C14H21NOSi. The second-order valence-electron chi connectivity index (χ2n) is 6.43. The Hall–Kier alpha value is -1.09. The van der Waals surface area contributed by atoms with Crippen LogP contribution in [0.4, 0.5) is 5.69 Å². The Morgan fingerprint density at radius 3 is 2.47 bits per heavy atom. The summed E-state index contributed by atoms with van der Waals surface area (Å²) in [6.07, 6.45) is 0.554. The summed E-state index contributed by atoms with van der Waals surface area (Å²) in [6, 6.07) is 6.30. The highest BCUT2D eigenvalue weighted by Crippen LogP contribution is 2.37. The van der Waals surface area contributed by atoms with Gasteiger partial charge in [0.15, 0.2) is 0 Å². The molecule has 0 atom stereocenters. The van der Waals surface area contributed by atoms with Crippen molar-refractivity contribution in [3.05, 3.63) is 23.8 Å². The van der Waals surface area contributed by atoms with Gasteiger partial charge in [0, 0.05) is 5.69 Å². The summed E-state index contributed by atoms with van der Waals surface area (Å²) >= 11 is 0. The van der Waals surface area contributed by atoms with Crippen LogP contribution in [0.15, 0.2) is 18.2 Å². The summed E-state index contributed by atoms with van der Waals surface area (Å²) in [6.45, 7) is 11.7. The molecule has 0 spiro atoms. The molecule has 1 aromatic rings. The lowest BCUT2D eigenvalue weighted by atomic mass is 10.1. The molecule has 1 aliphatic heterocycles. The first-order chi connectivity index (χ1) is 7.73. The van der Waals surface area contributed by atoms with Crippen molar-refractivity contribution in [3.63, 3.8) is 0 Å². The van der Waals surface area contributed by atoms with Crippen LogP contribution < -0.4 is 10.5 Å². The van der Waals surface area contributed by atoms with E-state index in [1.807, 2.05) is 6.07 Å². The van der Waals surface area contributed by atoms with Gasteiger partial charge in [0.1, 0.15) is 0 Å². The Balaban J connectivity index is 2.56. The highest BCUT2D eigenvalue weighted by atomic mass is 28.3. The van der Waals surface area contributed by atoms with E-state index in [4.69, 9.17) is 0 Å². The number of rotatable bonds is 1. The van der Waals surface area contributed by atoms with E-state index in [0.717, 1.165) is 5.69 Å². The summed E-state index contributed by atoms with van der Waals surface area (Å²) < 4.78 is 0. The largest absolute Gasteiger partial charge is 0.326 e. The number of amides is 1. The molecule has 0 radical (unpaired) electrons. The van der Waals surface area contributed by atoms with Crippen molar-refractivity contribution in [1.82, 2.24) is 0 Å². The minimum absolute atomic E-state index is 0.131.